The third kappa shape index (κ3) is 4.87. The number of esters is 1. The zero-order valence-electron chi connectivity index (χ0n) is 10.9. The molecule has 0 aromatic carbocycles. The van der Waals surface area contributed by atoms with Gasteiger partial charge in [0.2, 0.25) is 5.91 Å². The highest BCUT2D eigenvalue weighted by Crippen LogP contribution is 2.19. The van der Waals surface area contributed by atoms with Crippen molar-refractivity contribution in [2.45, 2.75) is 45.1 Å². The van der Waals surface area contributed by atoms with Gasteiger partial charge in [-0.2, -0.15) is 0 Å². The normalized spacial score (nSPS) is 16.7. The maximum Gasteiger partial charge on any atom is 0.332 e. The van der Waals surface area contributed by atoms with Gasteiger partial charge in [0.15, 0.2) is 6.04 Å². The molecular weight excluding hydrogens is 232 g/mol. The average molecular weight is 254 g/mol. The third-order valence-electron chi connectivity index (χ3n) is 2.95. The van der Waals surface area contributed by atoms with Gasteiger partial charge in [-0.15, -0.1) is 0 Å². The molecule has 1 amide bonds. The van der Waals surface area contributed by atoms with Crippen LogP contribution >= 0.6 is 0 Å². The summed E-state index contributed by atoms with van der Waals surface area (Å²) in [5.41, 5.74) is 6.85. The highest BCUT2D eigenvalue weighted by molar-refractivity contribution is 6.01. The van der Waals surface area contributed by atoms with E-state index in [0.717, 1.165) is 19.3 Å². The van der Waals surface area contributed by atoms with Crippen molar-refractivity contribution in [2.75, 3.05) is 13.2 Å². The Bertz CT molecular complexity index is 326. The fourth-order valence-electron chi connectivity index (χ4n) is 1.93. The van der Waals surface area contributed by atoms with Gasteiger partial charge in [-0.05, 0) is 39.0 Å². The summed E-state index contributed by atoms with van der Waals surface area (Å²) < 4.78 is 4.68. The Morgan fingerprint density at radius 1 is 1.50 bits per heavy atom. The Morgan fingerprint density at radius 3 is 2.89 bits per heavy atom. The molecule has 0 aromatic heterocycles. The van der Waals surface area contributed by atoms with E-state index in [1.807, 2.05) is 0 Å². The summed E-state index contributed by atoms with van der Waals surface area (Å²) in [7, 11) is 0. The molecule has 0 heterocycles. The molecule has 0 saturated carbocycles. The van der Waals surface area contributed by atoms with Crippen molar-refractivity contribution in [3.05, 3.63) is 11.6 Å². The van der Waals surface area contributed by atoms with Crippen molar-refractivity contribution in [1.29, 1.82) is 0 Å². The molecule has 0 aliphatic heterocycles. The minimum atomic E-state index is -1.22. The molecule has 1 rings (SSSR count). The number of allylic oxidation sites excluding steroid dienone is 1. The Morgan fingerprint density at radius 2 is 2.28 bits per heavy atom. The number of carbonyl (C=O) groups is 2. The topological polar surface area (TPSA) is 81.4 Å². The Kier molecular flexibility index (Phi) is 6.43. The first-order valence-corrected chi connectivity index (χ1v) is 6.53. The van der Waals surface area contributed by atoms with Gasteiger partial charge in [-0.3, -0.25) is 4.79 Å². The lowest BCUT2D eigenvalue weighted by molar-refractivity contribution is -0.147. The van der Waals surface area contributed by atoms with Crippen molar-refractivity contribution in [3.63, 3.8) is 0 Å². The molecule has 0 fully saturated rings. The van der Waals surface area contributed by atoms with Crippen LogP contribution in [0.25, 0.3) is 0 Å². The SMILES string of the molecule is CCOC(=O)C(N)C(=O)NCCC1=CCCCC1. The number of nitrogens with one attached hydrogen (secondary N) is 1. The lowest BCUT2D eigenvalue weighted by atomic mass is 9.97. The van der Waals surface area contributed by atoms with Crippen LogP contribution in [0.2, 0.25) is 0 Å². The summed E-state index contributed by atoms with van der Waals surface area (Å²) in [4.78, 5) is 22.8. The van der Waals surface area contributed by atoms with Crippen molar-refractivity contribution >= 4 is 11.9 Å². The van der Waals surface area contributed by atoms with E-state index in [4.69, 9.17) is 5.73 Å². The Hall–Kier alpha value is -1.36. The van der Waals surface area contributed by atoms with E-state index < -0.39 is 17.9 Å². The molecule has 1 unspecified atom stereocenters. The van der Waals surface area contributed by atoms with Gasteiger partial charge in [0.1, 0.15) is 0 Å². The van der Waals surface area contributed by atoms with Crippen molar-refractivity contribution in [2.24, 2.45) is 5.73 Å². The van der Waals surface area contributed by atoms with Gasteiger partial charge in [0.25, 0.3) is 0 Å². The molecule has 0 saturated heterocycles. The van der Waals surface area contributed by atoms with E-state index >= 15 is 0 Å². The smallest absolute Gasteiger partial charge is 0.332 e. The van der Waals surface area contributed by atoms with Crippen LogP contribution in [0.1, 0.15) is 39.0 Å². The molecule has 102 valence electrons. The van der Waals surface area contributed by atoms with Gasteiger partial charge in [0.05, 0.1) is 6.61 Å². The summed E-state index contributed by atoms with van der Waals surface area (Å²) in [6.07, 6.45) is 7.79. The monoisotopic (exact) mass is 254 g/mol. The number of hydrogen-bond donors (Lipinski definition) is 2. The van der Waals surface area contributed by atoms with E-state index in [-0.39, 0.29) is 6.61 Å². The maximum atomic E-state index is 11.5. The van der Waals surface area contributed by atoms with Crippen LogP contribution in [0, 0.1) is 0 Å². The largest absolute Gasteiger partial charge is 0.464 e. The highest BCUT2D eigenvalue weighted by Gasteiger charge is 2.22. The number of nitrogens with two attached hydrogens (primary N) is 1. The van der Waals surface area contributed by atoms with Crippen molar-refractivity contribution in [3.8, 4) is 0 Å². The standard InChI is InChI=1S/C13H22N2O3/c1-2-18-13(17)11(14)12(16)15-9-8-10-6-4-3-5-7-10/h6,11H,2-5,7-9,14H2,1H3,(H,15,16). The summed E-state index contributed by atoms with van der Waals surface area (Å²) in [5.74, 6) is -1.14. The van der Waals surface area contributed by atoms with Crippen LogP contribution in [0.5, 0.6) is 0 Å². The second kappa shape index (κ2) is 7.87. The van der Waals surface area contributed by atoms with Gasteiger partial charge >= 0.3 is 5.97 Å². The number of amides is 1. The Balaban J connectivity index is 2.23. The molecule has 3 N–H and O–H groups in total. The van der Waals surface area contributed by atoms with Crippen LogP contribution in [0.3, 0.4) is 0 Å². The molecule has 0 radical (unpaired) electrons. The summed E-state index contributed by atoms with van der Waals surface area (Å²) >= 11 is 0. The molecule has 5 nitrogen and oxygen atoms in total. The van der Waals surface area contributed by atoms with Crippen molar-refractivity contribution < 1.29 is 14.3 Å². The third-order valence-corrected chi connectivity index (χ3v) is 2.95. The van der Waals surface area contributed by atoms with E-state index in [0.29, 0.717) is 6.54 Å². The fraction of sp³-hybridized carbons (Fsp3) is 0.692. The van der Waals surface area contributed by atoms with Crippen LogP contribution in [-0.2, 0) is 14.3 Å². The minimum absolute atomic E-state index is 0.229. The molecule has 0 bridgehead atoms. The maximum absolute atomic E-state index is 11.5. The molecule has 5 heteroatoms. The summed E-state index contributed by atoms with van der Waals surface area (Å²) in [5, 5.41) is 2.66. The average Bonchev–Trinajstić information content (AvgIpc) is 2.39. The van der Waals surface area contributed by atoms with Crippen molar-refractivity contribution in [1.82, 2.24) is 5.32 Å². The molecule has 18 heavy (non-hydrogen) atoms. The lowest BCUT2D eigenvalue weighted by Gasteiger charge is -2.14. The second-order valence-corrected chi connectivity index (χ2v) is 4.38. The molecule has 1 aliphatic rings. The van der Waals surface area contributed by atoms with E-state index in [9.17, 15) is 9.59 Å². The fourth-order valence-corrected chi connectivity index (χ4v) is 1.93. The van der Waals surface area contributed by atoms with E-state index in [1.54, 1.807) is 6.92 Å². The highest BCUT2D eigenvalue weighted by atomic mass is 16.5. The molecule has 1 atom stereocenters. The molecular formula is C13H22N2O3. The Labute approximate surface area is 108 Å². The molecule has 1 aliphatic carbocycles. The van der Waals surface area contributed by atoms with Gasteiger partial charge in [-0.25, -0.2) is 4.79 Å². The lowest BCUT2D eigenvalue weighted by Crippen LogP contribution is -2.47. The van der Waals surface area contributed by atoms with Gasteiger partial charge in [0, 0.05) is 6.54 Å². The minimum Gasteiger partial charge on any atom is -0.464 e. The number of ether oxygens (including phenoxy) is 1. The van der Waals surface area contributed by atoms with E-state index in [2.05, 4.69) is 16.1 Å². The zero-order chi connectivity index (χ0) is 13.4. The molecule has 0 spiro atoms. The van der Waals surface area contributed by atoms with Gasteiger partial charge < -0.3 is 15.8 Å². The van der Waals surface area contributed by atoms with Gasteiger partial charge in [-0.1, -0.05) is 11.6 Å². The predicted molar refractivity (Wildman–Crippen MR) is 68.8 cm³/mol. The van der Waals surface area contributed by atoms with Crippen LogP contribution in [-0.4, -0.2) is 31.1 Å². The first-order valence-electron chi connectivity index (χ1n) is 6.53. The summed E-state index contributed by atoms with van der Waals surface area (Å²) in [6, 6.07) is -1.22. The summed E-state index contributed by atoms with van der Waals surface area (Å²) in [6.45, 7) is 2.43. The number of hydrogen-bond acceptors (Lipinski definition) is 4. The first kappa shape index (κ1) is 14.7. The number of rotatable bonds is 6. The number of carbonyl (C=O) groups excluding carboxylic acids is 2. The van der Waals surface area contributed by atoms with Crippen LogP contribution < -0.4 is 11.1 Å². The van der Waals surface area contributed by atoms with E-state index in [1.165, 1.54) is 18.4 Å². The van der Waals surface area contributed by atoms with Crippen LogP contribution in [0.15, 0.2) is 11.6 Å². The molecule has 0 aromatic rings. The van der Waals surface area contributed by atoms with Crippen LogP contribution in [0.4, 0.5) is 0 Å². The first-order chi connectivity index (χ1) is 8.65. The quantitative estimate of drug-likeness (QED) is 0.419. The zero-order valence-corrected chi connectivity index (χ0v) is 10.9. The predicted octanol–water partition coefficient (Wildman–Crippen LogP) is 0.883. The second-order valence-electron chi connectivity index (χ2n) is 4.38.